The van der Waals surface area contributed by atoms with Gasteiger partial charge in [-0.1, -0.05) is 0 Å². The number of nitrogens with zero attached hydrogens (tertiary/aromatic N) is 1. The molecule has 1 aliphatic heterocycles. The SMILES string of the molecule is CC1(C)C(O)CCN1C(=O)Nc1cccs1. The minimum atomic E-state index is -0.485. The van der Waals surface area contributed by atoms with E-state index in [2.05, 4.69) is 5.32 Å². The number of aliphatic hydroxyl groups is 1. The van der Waals surface area contributed by atoms with Crippen LogP contribution in [-0.4, -0.2) is 34.2 Å². The largest absolute Gasteiger partial charge is 0.391 e. The highest BCUT2D eigenvalue weighted by Gasteiger charge is 2.42. The molecule has 0 saturated carbocycles. The van der Waals surface area contributed by atoms with E-state index in [-0.39, 0.29) is 6.03 Å². The molecule has 0 aliphatic carbocycles. The van der Waals surface area contributed by atoms with Gasteiger partial charge in [0.1, 0.15) is 0 Å². The first-order valence-electron chi connectivity index (χ1n) is 5.32. The fraction of sp³-hybridized carbons (Fsp3) is 0.545. The molecule has 88 valence electrons. The molecule has 0 radical (unpaired) electrons. The molecule has 1 atom stereocenters. The Kier molecular flexibility index (Phi) is 2.90. The van der Waals surface area contributed by atoms with Crippen LogP contribution >= 0.6 is 11.3 Å². The zero-order valence-corrected chi connectivity index (χ0v) is 10.3. The topological polar surface area (TPSA) is 52.6 Å². The van der Waals surface area contributed by atoms with Gasteiger partial charge in [0, 0.05) is 6.54 Å². The lowest BCUT2D eigenvalue weighted by molar-refractivity contribution is 0.0733. The van der Waals surface area contributed by atoms with Crippen molar-refractivity contribution in [3.05, 3.63) is 17.5 Å². The molecule has 0 aromatic carbocycles. The lowest BCUT2D eigenvalue weighted by atomic mass is 9.99. The van der Waals surface area contributed by atoms with E-state index >= 15 is 0 Å². The Morgan fingerprint density at radius 2 is 2.44 bits per heavy atom. The molecule has 1 saturated heterocycles. The van der Waals surface area contributed by atoms with Gasteiger partial charge >= 0.3 is 6.03 Å². The smallest absolute Gasteiger partial charge is 0.322 e. The normalized spacial score (nSPS) is 23.4. The average molecular weight is 240 g/mol. The second kappa shape index (κ2) is 4.07. The summed E-state index contributed by atoms with van der Waals surface area (Å²) >= 11 is 1.49. The van der Waals surface area contributed by atoms with E-state index in [0.717, 1.165) is 5.00 Å². The Morgan fingerprint density at radius 1 is 1.69 bits per heavy atom. The van der Waals surface area contributed by atoms with Gasteiger partial charge in [0.05, 0.1) is 16.6 Å². The zero-order chi connectivity index (χ0) is 11.8. The van der Waals surface area contributed by atoms with Crippen LogP contribution in [0.1, 0.15) is 20.3 Å². The molecule has 16 heavy (non-hydrogen) atoms. The molecule has 2 amide bonds. The maximum absolute atomic E-state index is 12.0. The highest BCUT2D eigenvalue weighted by atomic mass is 32.1. The third-order valence-corrected chi connectivity index (χ3v) is 3.92. The van der Waals surface area contributed by atoms with Crippen molar-refractivity contribution in [1.29, 1.82) is 0 Å². The molecule has 0 bridgehead atoms. The summed E-state index contributed by atoms with van der Waals surface area (Å²) in [5, 5.41) is 15.4. The number of thiophene rings is 1. The van der Waals surface area contributed by atoms with Gasteiger partial charge in [-0.3, -0.25) is 5.32 Å². The Labute approximate surface area is 98.9 Å². The Hall–Kier alpha value is -1.07. The molecular weight excluding hydrogens is 224 g/mol. The van der Waals surface area contributed by atoms with E-state index < -0.39 is 11.6 Å². The highest BCUT2D eigenvalue weighted by Crippen LogP contribution is 2.29. The quantitative estimate of drug-likeness (QED) is 0.790. The lowest BCUT2D eigenvalue weighted by Crippen LogP contribution is -2.49. The van der Waals surface area contributed by atoms with Crippen molar-refractivity contribution in [2.45, 2.75) is 31.9 Å². The number of amides is 2. The Balaban J connectivity index is 2.06. The second-order valence-corrected chi connectivity index (χ2v) is 5.46. The highest BCUT2D eigenvalue weighted by molar-refractivity contribution is 7.14. The third kappa shape index (κ3) is 1.92. The van der Waals surface area contributed by atoms with E-state index in [1.165, 1.54) is 11.3 Å². The third-order valence-electron chi connectivity index (χ3n) is 3.13. The number of carbonyl (C=O) groups is 1. The molecule has 1 unspecified atom stereocenters. The fourth-order valence-electron chi connectivity index (χ4n) is 1.96. The van der Waals surface area contributed by atoms with Gasteiger partial charge in [-0.05, 0) is 37.8 Å². The number of hydrogen-bond acceptors (Lipinski definition) is 3. The predicted octanol–water partition coefficient (Wildman–Crippen LogP) is 2.13. The number of anilines is 1. The molecule has 1 aromatic rings. The summed E-state index contributed by atoms with van der Waals surface area (Å²) in [5.74, 6) is 0. The molecule has 2 rings (SSSR count). The van der Waals surface area contributed by atoms with Gasteiger partial charge in [0.2, 0.25) is 0 Å². The van der Waals surface area contributed by atoms with Gasteiger partial charge in [-0.2, -0.15) is 0 Å². The summed E-state index contributed by atoms with van der Waals surface area (Å²) < 4.78 is 0. The van der Waals surface area contributed by atoms with Crippen LogP contribution in [0.3, 0.4) is 0 Å². The first-order chi connectivity index (χ1) is 7.51. The number of urea groups is 1. The standard InChI is InChI=1S/C11H16N2O2S/c1-11(2)8(14)5-6-13(11)10(15)12-9-4-3-7-16-9/h3-4,7-8,14H,5-6H2,1-2H3,(H,12,15). The fourth-order valence-corrected chi connectivity index (χ4v) is 2.57. The molecule has 4 nitrogen and oxygen atoms in total. The van der Waals surface area contributed by atoms with E-state index in [4.69, 9.17) is 0 Å². The number of nitrogens with one attached hydrogen (secondary N) is 1. The first kappa shape index (κ1) is 11.4. The molecule has 1 aliphatic rings. The van der Waals surface area contributed by atoms with Crippen molar-refractivity contribution >= 4 is 22.4 Å². The molecule has 1 aromatic heterocycles. The van der Waals surface area contributed by atoms with Gasteiger partial charge < -0.3 is 10.0 Å². The lowest BCUT2D eigenvalue weighted by Gasteiger charge is -2.33. The summed E-state index contributed by atoms with van der Waals surface area (Å²) in [5.41, 5.74) is -0.485. The maximum atomic E-state index is 12.0. The Bertz CT molecular complexity index is 375. The van der Waals surface area contributed by atoms with Crippen LogP contribution in [-0.2, 0) is 0 Å². The predicted molar refractivity (Wildman–Crippen MR) is 64.7 cm³/mol. The monoisotopic (exact) mass is 240 g/mol. The number of rotatable bonds is 1. The minimum absolute atomic E-state index is 0.135. The van der Waals surface area contributed by atoms with E-state index in [1.807, 2.05) is 31.4 Å². The van der Waals surface area contributed by atoms with Crippen LogP contribution in [0.2, 0.25) is 0 Å². The van der Waals surface area contributed by atoms with Crippen LogP contribution in [0, 0.1) is 0 Å². The molecule has 2 heterocycles. The van der Waals surface area contributed by atoms with Crippen molar-refractivity contribution in [1.82, 2.24) is 4.90 Å². The number of likely N-dealkylation sites (tertiary alicyclic amines) is 1. The van der Waals surface area contributed by atoms with Gasteiger partial charge in [0.15, 0.2) is 0 Å². The summed E-state index contributed by atoms with van der Waals surface area (Å²) in [6.45, 7) is 4.38. The minimum Gasteiger partial charge on any atom is -0.391 e. The van der Waals surface area contributed by atoms with Crippen LogP contribution in [0.25, 0.3) is 0 Å². The van der Waals surface area contributed by atoms with Crippen molar-refractivity contribution in [2.24, 2.45) is 0 Å². The van der Waals surface area contributed by atoms with Crippen LogP contribution in [0.4, 0.5) is 9.80 Å². The first-order valence-corrected chi connectivity index (χ1v) is 6.20. The zero-order valence-electron chi connectivity index (χ0n) is 9.43. The van der Waals surface area contributed by atoms with Crippen molar-refractivity contribution in [3.63, 3.8) is 0 Å². The molecule has 2 N–H and O–H groups in total. The Morgan fingerprint density at radius 3 is 2.94 bits per heavy atom. The van der Waals surface area contributed by atoms with Crippen LogP contribution < -0.4 is 5.32 Å². The molecule has 0 spiro atoms. The van der Waals surface area contributed by atoms with Crippen molar-refractivity contribution in [2.75, 3.05) is 11.9 Å². The molecule has 5 heteroatoms. The second-order valence-electron chi connectivity index (χ2n) is 4.52. The molecular formula is C11H16N2O2S. The van der Waals surface area contributed by atoms with Gasteiger partial charge in [-0.25, -0.2) is 4.79 Å². The summed E-state index contributed by atoms with van der Waals surface area (Å²) in [7, 11) is 0. The van der Waals surface area contributed by atoms with Gasteiger partial charge in [-0.15, -0.1) is 11.3 Å². The molecule has 1 fully saturated rings. The average Bonchev–Trinajstić information content (AvgIpc) is 2.77. The summed E-state index contributed by atoms with van der Waals surface area (Å²) in [6, 6.07) is 3.62. The number of hydrogen-bond donors (Lipinski definition) is 2. The maximum Gasteiger partial charge on any atom is 0.322 e. The summed E-state index contributed by atoms with van der Waals surface area (Å²) in [4.78, 5) is 13.7. The van der Waals surface area contributed by atoms with E-state index in [9.17, 15) is 9.90 Å². The van der Waals surface area contributed by atoms with Crippen molar-refractivity contribution in [3.8, 4) is 0 Å². The van der Waals surface area contributed by atoms with E-state index in [1.54, 1.807) is 4.90 Å². The van der Waals surface area contributed by atoms with Crippen molar-refractivity contribution < 1.29 is 9.90 Å². The van der Waals surface area contributed by atoms with Crippen LogP contribution in [0.15, 0.2) is 17.5 Å². The number of aliphatic hydroxyl groups excluding tert-OH is 1. The number of carbonyl (C=O) groups excluding carboxylic acids is 1. The van der Waals surface area contributed by atoms with E-state index in [0.29, 0.717) is 13.0 Å². The van der Waals surface area contributed by atoms with Crippen LogP contribution in [0.5, 0.6) is 0 Å². The van der Waals surface area contributed by atoms with Gasteiger partial charge in [0.25, 0.3) is 0 Å². The summed E-state index contributed by atoms with van der Waals surface area (Å²) in [6.07, 6.45) is 0.201.